The number of halogens is 1. The lowest BCUT2D eigenvalue weighted by Gasteiger charge is -2.20. The fourth-order valence-corrected chi connectivity index (χ4v) is 5.59. The summed E-state index contributed by atoms with van der Waals surface area (Å²) in [4.78, 5) is 12.7. The number of hydrogen-bond acceptors (Lipinski definition) is 4. The second-order valence-corrected chi connectivity index (χ2v) is 10.3. The number of benzene rings is 2. The number of rotatable bonds is 5. The molecule has 1 aliphatic rings. The topological polar surface area (TPSA) is 79.6 Å². The standard InChI is InChI=1S/C22H23BrN2O4S/c23-17-5-10-21-20(14-17)16(15-29-21)13-22(26)24-18-6-8-19(9-7-18)30(27,28)25-11-3-1-2-4-12-25/h5-10,14-15H,1-4,11-13H2,(H,24,26). The van der Waals surface area contributed by atoms with Gasteiger partial charge in [0.15, 0.2) is 0 Å². The van der Waals surface area contributed by atoms with E-state index in [-0.39, 0.29) is 17.2 Å². The van der Waals surface area contributed by atoms with Gasteiger partial charge in [-0.05, 0) is 55.3 Å². The van der Waals surface area contributed by atoms with Crippen LogP contribution in [0, 0.1) is 0 Å². The molecule has 0 unspecified atom stereocenters. The van der Waals surface area contributed by atoms with Crippen molar-refractivity contribution < 1.29 is 17.6 Å². The van der Waals surface area contributed by atoms with Crippen molar-refractivity contribution in [2.24, 2.45) is 0 Å². The lowest BCUT2D eigenvalue weighted by Crippen LogP contribution is -2.31. The number of nitrogens with zero attached hydrogens (tertiary/aromatic N) is 1. The van der Waals surface area contributed by atoms with Crippen molar-refractivity contribution in [3.8, 4) is 0 Å². The highest BCUT2D eigenvalue weighted by Crippen LogP contribution is 2.26. The molecule has 3 aromatic rings. The first-order valence-corrected chi connectivity index (χ1v) is 12.2. The van der Waals surface area contributed by atoms with Gasteiger partial charge in [0, 0.05) is 34.2 Å². The van der Waals surface area contributed by atoms with E-state index >= 15 is 0 Å². The van der Waals surface area contributed by atoms with E-state index in [0.717, 1.165) is 46.7 Å². The van der Waals surface area contributed by atoms with Crippen molar-refractivity contribution in [3.05, 3.63) is 58.8 Å². The Bertz CT molecular complexity index is 1150. The van der Waals surface area contributed by atoms with Gasteiger partial charge in [-0.2, -0.15) is 4.31 Å². The Kier molecular flexibility index (Phi) is 6.26. The zero-order valence-corrected chi connectivity index (χ0v) is 18.8. The van der Waals surface area contributed by atoms with Crippen LogP contribution in [0.5, 0.6) is 0 Å². The number of carbonyl (C=O) groups excluding carboxylic acids is 1. The first-order valence-electron chi connectivity index (χ1n) is 9.99. The van der Waals surface area contributed by atoms with Crippen molar-refractivity contribution in [1.29, 1.82) is 0 Å². The van der Waals surface area contributed by atoms with Crippen molar-refractivity contribution in [2.45, 2.75) is 37.0 Å². The molecule has 8 heteroatoms. The van der Waals surface area contributed by atoms with Gasteiger partial charge >= 0.3 is 0 Å². The van der Waals surface area contributed by atoms with Crippen molar-refractivity contribution in [1.82, 2.24) is 4.31 Å². The molecule has 0 aliphatic carbocycles. The SMILES string of the molecule is O=C(Cc1coc2ccc(Br)cc12)Nc1ccc(S(=O)(=O)N2CCCCCC2)cc1. The molecular weight excluding hydrogens is 468 g/mol. The molecular formula is C22H23BrN2O4S. The smallest absolute Gasteiger partial charge is 0.243 e. The molecule has 6 nitrogen and oxygen atoms in total. The van der Waals surface area contributed by atoms with Crippen molar-refractivity contribution >= 4 is 48.5 Å². The zero-order chi connectivity index (χ0) is 21.1. The normalized spacial score (nSPS) is 15.8. The molecule has 0 atom stereocenters. The lowest BCUT2D eigenvalue weighted by molar-refractivity contribution is -0.115. The second-order valence-electron chi connectivity index (χ2n) is 7.47. The van der Waals surface area contributed by atoms with E-state index in [9.17, 15) is 13.2 Å². The Morgan fingerprint density at radius 2 is 1.73 bits per heavy atom. The zero-order valence-electron chi connectivity index (χ0n) is 16.4. The number of fused-ring (bicyclic) bond motifs is 1. The third kappa shape index (κ3) is 4.61. The molecule has 1 aliphatic heterocycles. The molecule has 2 heterocycles. The van der Waals surface area contributed by atoms with Crippen LogP contribution in [0.25, 0.3) is 11.0 Å². The fourth-order valence-electron chi connectivity index (χ4n) is 3.71. The van der Waals surface area contributed by atoms with Gasteiger partial charge in [0.25, 0.3) is 0 Å². The van der Waals surface area contributed by atoms with Gasteiger partial charge in [-0.25, -0.2) is 8.42 Å². The minimum atomic E-state index is -3.50. The minimum Gasteiger partial charge on any atom is -0.464 e. The molecule has 0 radical (unpaired) electrons. The van der Waals surface area contributed by atoms with E-state index in [1.54, 1.807) is 34.8 Å². The molecule has 0 spiro atoms. The third-order valence-corrected chi connectivity index (χ3v) is 7.71. The summed E-state index contributed by atoms with van der Waals surface area (Å²) in [5.41, 5.74) is 2.08. The van der Waals surface area contributed by atoms with Crippen LogP contribution in [0.1, 0.15) is 31.2 Å². The fraction of sp³-hybridized carbons (Fsp3) is 0.318. The van der Waals surface area contributed by atoms with Crippen molar-refractivity contribution in [2.75, 3.05) is 18.4 Å². The predicted octanol–water partition coefficient (Wildman–Crippen LogP) is 4.94. The Labute approximate surface area is 184 Å². The van der Waals surface area contributed by atoms with E-state index in [0.29, 0.717) is 18.8 Å². The van der Waals surface area contributed by atoms with Gasteiger partial charge < -0.3 is 9.73 Å². The Morgan fingerprint density at radius 3 is 2.43 bits per heavy atom. The number of anilines is 1. The number of amides is 1. The molecule has 2 aromatic carbocycles. The summed E-state index contributed by atoms with van der Waals surface area (Å²) in [7, 11) is -3.50. The Morgan fingerprint density at radius 1 is 1.03 bits per heavy atom. The number of carbonyl (C=O) groups is 1. The van der Waals surface area contributed by atoms with Crippen LogP contribution in [0.3, 0.4) is 0 Å². The summed E-state index contributed by atoms with van der Waals surface area (Å²) < 4.78 is 33.7. The van der Waals surface area contributed by atoms with Gasteiger partial charge in [-0.15, -0.1) is 0 Å². The molecule has 1 N–H and O–H groups in total. The highest BCUT2D eigenvalue weighted by atomic mass is 79.9. The summed E-state index contributed by atoms with van der Waals surface area (Å²) in [6.45, 7) is 1.13. The van der Waals surface area contributed by atoms with Crippen molar-refractivity contribution in [3.63, 3.8) is 0 Å². The summed E-state index contributed by atoms with van der Waals surface area (Å²) in [5.74, 6) is -0.194. The molecule has 30 heavy (non-hydrogen) atoms. The number of hydrogen-bond donors (Lipinski definition) is 1. The number of furan rings is 1. The minimum absolute atomic E-state index is 0.164. The maximum Gasteiger partial charge on any atom is 0.243 e. The molecule has 1 saturated heterocycles. The molecule has 1 aromatic heterocycles. The Balaban J connectivity index is 1.44. The molecule has 158 valence electrons. The molecule has 4 rings (SSSR count). The van der Waals surface area contributed by atoms with Gasteiger partial charge in [0.2, 0.25) is 15.9 Å². The highest BCUT2D eigenvalue weighted by molar-refractivity contribution is 9.10. The number of nitrogens with one attached hydrogen (secondary N) is 1. The van der Waals surface area contributed by atoms with E-state index in [4.69, 9.17) is 4.42 Å². The van der Waals surface area contributed by atoms with E-state index in [1.807, 2.05) is 18.2 Å². The maximum absolute atomic E-state index is 12.9. The van der Waals surface area contributed by atoms with Gasteiger partial charge in [-0.3, -0.25) is 4.79 Å². The van der Waals surface area contributed by atoms with E-state index < -0.39 is 10.0 Å². The summed E-state index contributed by atoms with van der Waals surface area (Å²) in [6.07, 6.45) is 5.68. The molecule has 1 amide bonds. The summed E-state index contributed by atoms with van der Waals surface area (Å²) in [6, 6.07) is 12.0. The van der Waals surface area contributed by atoms with Crippen LogP contribution in [-0.2, 0) is 21.2 Å². The summed E-state index contributed by atoms with van der Waals surface area (Å²) in [5, 5.41) is 3.71. The van der Waals surface area contributed by atoms with Crippen LogP contribution in [0.2, 0.25) is 0 Å². The van der Waals surface area contributed by atoms with Crippen LogP contribution in [-0.4, -0.2) is 31.7 Å². The van der Waals surface area contributed by atoms with E-state index in [1.165, 1.54) is 0 Å². The van der Waals surface area contributed by atoms with Crippen LogP contribution in [0.15, 0.2) is 62.5 Å². The van der Waals surface area contributed by atoms with E-state index in [2.05, 4.69) is 21.2 Å². The van der Waals surface area contributed by atoms with Gasteiger partial charge in [-0.1, -0.05) is 28.8 Å². The monoisotopic (exact) mass is 490 g/mol. The lowest BCUT2D eigenvalue weighted by atomic mass is 10.1. The first-order chi connectivity index (χ1) is 14.4. The highest BCUT2D eigenvalue weighted by Gasteiger charge is 2.25. The Hall–Kier alpha value is -2.16. The largest absolute Gasteiger partial charge is 0.464 e. The molecule has 1 fully saturated rings. The average molecular weight is 491 g/mol. The number of sulfonamides is 1. The van der Waals surface area contributed by atoms with Gasteiger partial charge in [0.1, 0.15) is 5.58 Å². The average Bonchev–Trinajstić information content (AvgIpc) is 2.93. The molecule has 0 bridgehead atoms. The maximum atomic E-state index is 12.9. The molecule has 0 saturated carbocycles. The first kappa shape index (κ1) is 21.1. The van der Waals surface area contributed by atoms with Crippen LogP contribution < -0.4 is 5.32 Å². The third-order valence-electron chi connectivity index (χ3n) is 5.31. The second kappa shape index (κ2) is 8.91. The van der Waals surface area contributed by atoms with Crippen LogP contribution >= 0.6 is 15.9 Å². The predicted molar refractivity (Wildman–Crippen MR) is 120 cm³/mol. The quantitative estimate of drug-likeness (QED) is 0.548. The van der Waals surface area contributed by atoms with Crippen LogP contribution in [0.4, 0.5) is 5.69 Å². The van der Waals surface area contributed by atoms with Gasteiger partial charge in [0.05, 0.1) is 17.6 Å². The summed E-state index contributed by atoms with van der Waals surface area (Å²) >= 11 is 3.43.